The lowest BCUT2D eigenvalue weighted by molar-refractivity contribution is 1.23. The first-order valence-electron chi connectivity index (χ1n) is 2.73. The van der Waals surface area contributed by atoms with E-state index in [1.807, 2.05) is 0 Å². The third-order valence-electron chi connectivity index (χ3n) is 1.15. The minimum Gasteiger partial charge on any atom is -0.396 e. The molecule has 0 saturated carbocycles. The largest absolute Gasteiger partial charge is 0.396 e. The molecule has 11 heavy (non-hydrogen) atoms. The van der Waals surface area contributed by atoms with Gasteiger partial charge in [-0.25, -0.2) is 10.8 Å². The number of rotatable bonds is 1. The number of nitrogens with two attached hydrogens (primary N) is 2. The number of nitrogens with one attached hydrogen (secondary N) is 1. The molecule has 1 aromatic rings. The summed E-state index contributed by atoms with van der Waals surface area (Å²) < 4.78 is 0. The maximum atomic E-state index is 5.68. The van der Waals surface area contributed by atoms with Crippen LogP contribution < -0.4 is 17.0 Å². The highest BCUT2D eigenvalue weighted by molar-refractivity contribution is 6.40. The fourth-order valence-corrected chi connectivity index (χ4v) is 0.977. The van der Waals surface area contributed by atoms with E-state index < -0.39 is 0 Å². The first-order chi connectivity index (χ1) is 5.16. The molecule has 0 saturated heterocycles. The van der Waals surface area contributed by atoms with Crippen LogP contribution in [0.4, 0.5) is 11.5 Å². The Hall–Kier alpha value is -0.710. The van der Waals surface area contributed by atoms with Gasteiger partial charge in [0.1, 0.15) is 5.02 Å². The summed E-state index contributed by atoms with van der Waals surface area (Å²) in [5.41, 5.74) is 8.01. The second-order valence-corrected chi connectivity index (χ2v) is 2.61. The van der Waals surface area contributed by atoms with Crippen molar-refractivity contribution in [1.82, 2.24) is 4.98 Å². The van der Waals surface area contributed by atoms with Crippen molar-refractivity contribution in [1.29, 1.82) is 0 Å². The van der Waals surface area contributed by atoms with Crippen molar-refractivity contribution in [3.05, 3.63) is 16.2 Å². The van der Waals surface area contributed by atoms with Gasteiger partial charge in [0.15, 0.2) is 5.82 Å². The van der Waals surface area contributed by atoms with E-state index in [0.717, 1.165) is 0 Å². The number of aromatic nitrogens is 1. The van der Waals surface area contributed by atoms with E-state index in [1.54, 1.807) is 0 Å². The third kappa shape index (κ3) is 1.48. The minimum atomic E-state index is 0.236. The molecule has 0 aliphatic carbocycles. The number of hydrogen-bond donors (Lipinski definition) is 3. The molecule has 1 heterocycles. The van der Waals surface area contributed by atoms with Crippen molar-refractivity contribution in [2.45, 2.75) is 0 Å². The van der Waals surface area contributed by atoms with Gasteiger partial charge in [-0.1, -0.05) is 23.2 Å². The minimum absolute atomic E-state index is 0.236. The molecule has 0 amide bonds. The number of anilines is 2. The van der Waals surface area contributed by atoms with E-state index in [0.29, 0.717) is 10.8 Å². The number of halogens is 2. The third-order valence-corrected chi connectivity index (χ3v) is 1.83. The van der Waals surface area contributed by atoms with Gasteiger partial charge in [-0.2, -0.15) is 0 Å². The SMILES string of the molecule is NNc1ncc(Cl)c(N)c1Cl. The second-order valence-electron chi connectivity index (χ2n) is 1.83. The van der Waals surface area contributed by atoms with Gasteiger partial charge in [-0.05, 0) is 0 Å². The van der Waals surface area contributed by atoms with Crippen LogP contribution in [-0.4, -0.2) is 4.98 Å². The van der Waals surface area contributed by atoms with E-state index in [1.165, 1.54) is 6.20 Å². The molecule has 0 aromatic carbocycles. The number of hydrazine groups is 1. The topological polar surface area (TPSA) is 77.0 Å². The van der Waals surface area contributed by atoms with Crippen LogP contribution in [0.1, 0.15) is 0 Å². The highest BCUT2D eigenvalue weighted by Gasteiger charge is 2.06. The van der Waals surface area contributed by atoms with Gasteiger partial charge in [0, 0.05) is 0 Å². The molecule has 0 unspecified atom stereocenters. The summed E-state index contributed by atoms with van der Waals surface area (Å²) in [6, 6.07) is 0. The van der Waals surface area contributed by atoms with Gasteiger partial charge in [0.25, 0.3) is 0 Å². The van der Waals surface area contributed by atoms with Crippen LogP contribution in [0.5, 0.6) is 0 Å². The maximum Gasteiger partial charge on any atom is 0.161 e. The Morgan fingerprint density at radius 2 is 2.09 bits per heavy atom. The Morgan fingerprint density at radius 3 is 2.64 bits per heavy atom. The van der Waals surface area contributed by atoms with Crippen molar-refractivity contribution in [2.24, 2.45) is 5.84 Å². The van der Waals surface area contributed by atoms with E-state index >= 15 is 0 Å². The predicted molar refractivity (Wildman–Crippen MR) is 46.5 cm³/mol. The monoisotopic (exact) mass is 192 g/mol. The normalized spacial score (nSPS) is 9.73. The molecule has 0 aliphatic heterocycles. The van der Waals surface area contributed by atoms with Gasteiger partial charge in [0.05, 0.1) is 16.9 Å². The molecule has 4 nitrogen and oxygen atoms in total. The molecule has 0 fully saturated rings. The molecule has 0 atom stereocenters. The lowest BCUT2D eigenvalue weighted by Gasteiger charge is -2.04. The van der Waals surface area contributed by atoms with Crippen molar-refractivity contribution in [3.8, 4) is 0 Å². The van der Waals surface area contributed by atoms with Crippen molar-refractivity contribution in [2.75, 3.05) is 11.2 Å². The smallest absolute Gasteiger partial charge is 0.161 e. The van der Waals surface area contributed by atoms with Crippen LogP contribution in [0.15, 0.2) is 6.20 Å². The maximum absolute atomic E-state index is 5.68. The summed E-state index contributed by atoms with van der Waals surface area (Å²) >= 11 is 11.3. The molecule has 1 aromatic heterocycles. The summed E-state index contributed by atoms with van der Waals surface area (Å²) in [5.74, 6) is 5.39. The van der Waals surface area contributed by atoms with E-state index in [-0.39, 0.29) is 10.7 Å². The average Bonchev–Trinajstić information content (AvgIpc) is 2.01. The van der Waals surface area contributed by atoms with Crippen molar-refractivity contribution < 1.29 is 0 Å². The molecular weight excluding hydrogens is 187 g/mol. The molecule has 6 heteroatoms. The summed E-state index contributed by atoms with van der Waals surface area (Å²) in [5, 5.41) is 0.550. The Kier molecular flexibility index (Phi) is 2.38. The number of pyridine rings is 1. The Balaban J connectivity index is 3.25. The standard InChI is InChI=1S/C5H6Cl2N4/c6-2-1-10-5(11-9)3(7)4(2)8/h1H,9H2,(H3,8,10,11). The summed E-state index contributed by atoms with van der Waals surface area (Å²) in [4.78, 5) is 3.78. The van der Waals surface area contributed by atoms with Gasteiger partial charge in [0.2, 0.25) is 0 Å². The lowest BCUT2D eigenvalue weighted by atomic mass is 10.4. The van der Waals surface area contributed by atoms with E-state index in [4.69, 9.17) is 34.8 Å². The molecule has 5 N–H and O–H groups in total. The summed E-state index contributed by atoms with van der Waals surface area (Å²) in [7, 11) is 0. The number of hydrogen-bond acceptors (Lipinski definition) is 4. The van der Waals surface area contributed by atoms with Crippen LogP contribution in [0, 0.1) is 0 Å². The number of nitrogen functional groups attached to an aromatic ring is 2. The van der Waals surface area contributed by atoms with Crippen LogP contribution in [0.3, 0.4) is 0 Å². The highest BCUT2D eigenvalue weighted by atomic mass is 35.5. The van der Waals surface area contributed by atoms with Gasteiger partial charge in [-0.3, -0.25) is 0 Å². The zero-order chi connectivity index (χ0) is 8.43. The van der Waals surface area contributed by atoms with Crippen LogP contribution in [0.25, 0.3) is 0 Å². The van der Waals surface area contributed by atoms with Crippen LogP contribution in [0.2, 0.25) is 10.0 Å². The molecule has 0 aliphatic rings. The Bertz CT molecular complexity index is 275. The first-order valence-corrected chi connectivity index (χ1v) is 3.48. The first kappa shape index (κ1) is 8.39. The summed E-state index contributed by atoms with van der Waals surface area (Å²) in [6.45, 7) is 0. The molecule has 0 bridgehead atoms. The Labute approximate surface area is 73.5 Å². The Morgan fingerprint density at radius 1 is 1.45 bits per heavy atom. The van der Waals surface area contributed by atoms with Gasteiger partial charge < -0.3 is 11.2 Å². The fourth-order valence-electron chi connectivity index (χ4n) is 0.580. The van der Waals surface area contributed by atoms with Crippen molar-refractivity contribution in [3.63, 3.8) is 0 Å². The number of nitrogens with zero attached hydrogens (tertiary/aromatic N) is 1. The highest BCUT2D eigenvalue weighted by Crippen LogP contribution is 2.30. The lowest BCUT2D eigenvalue weighted by Crippen LogP contribution is -2.09. The molecule has 0 spiro atoms. The molecular formula is C5H6Cl2N4. The van der Waals surface area contributed by atoms with Crippen LogP contribution >= 0.6 is 23.2 Å². The molecule has 60 valence electrons. The molecule has 0 radical (unpaired) electrons. The van der Waals surface area contributed by atoms with E-state index in [9.17, 15) is 0 Å². The fraction of sp³-hybridized carbons (Fsp3) is 0. The quantitative estimate of drug-likeness (QED) is 0.463. The zero-order valence-corrected chi connectivity index (χ0v) is 6.95. The van der Waals surface area contributed by atoms with Gasteiger partial charge in [-0.15, -0.1) is 0 Å². The second kappa shape index (κ2) is 3.13. The van der Waals surface area contributed by atoms with Crippen LogP contribution in [-0.2, 0) is 0 Å². The van der Waals surface area contributed by atoms with Crippen molar-refractivity contribution >= 4 is 34.7 Å². The molecule has 1 rings (SSSR count). The average molecular weight is 193 g/mol. The summed E-state index contributed by atoms with van der Waals surface area (Å²) in [6.07, 6.45) is 1.37. The predicted octanol–water partition coefficient (Wildman–Crippen LogP) is 1.26. The van der Waals surface area contributed by atoms with Gasteiger partial charge >= 0.3 is 0 Å². The zero-order valence-electron chi connectivity index (χ0n) is 5.44. The van der Waals surface area contributed by atoms with E-state index in [2.05, 4.69) is 10.4 Å².